The Balaban J connectivity index is 1.58. The molecular formula is C23H14BrN3O6S2. The topological polar surface area (TPSA) is 116 Å². The number of amides is 1. The van der Waals surface area contributed by atoms with Crippen molar-refractivity contribution in [3.63, 3.8) is 0 Å². The lowest BCUT2D eigenvalue weighted by Crippen LogP contribution is -2.27. The first-order valence-corrected chi connectivity index (χ1v) is 11.9. The Morgan fingerprint density at radius 3 is 2.40 bits per heavy atom. The van der Waals surface area contributed by atoms with Gasteiger partial charge in [0.2, 0.25) is 0 Å². The lowest BCUT2D eigenvalue weighted by atomic mass is 10.1. The summed E-state index contributed by atoms with van der Waals surface area (Å²) in [6, 6.07) is 17.1. The van der Waals surface area contributed by atoms with Crippen LogP contribution in [-0.2, 0) is 11.4 Å². The number of hydrogen-bond acceptors (Lipinski definition) is 8. The Morgan fingerprint density at radius 2 is 1.71 bits per heavy atom. The van der Waals surface area contributed by atoms with E-state index in [1.807, 2.05) is 0 Å². The van der Waals surface area contributed by atoms with Gasteiger partial charge in [-0.1, -0.05) is 46.0 Å². The highest BCUT2D eigenvalue weighted by atomic mass is 79.9. The molecule has 1 aliphatic rings. The number of halogens is 1. The molecule has 0 spiro atoms. The quantitative estimate of drug-likeness (QED) is 0.141. The maximum atomic E-state index is 13.1. The van der Waals surface area contributed by atoms with Crippen LogP contribution in [-0.4, -0.2) is 20.1 Å². The number of thioether (sulfide) groups is 1. The molecular weight excluding hydrogens is 558 g/mol. The molecule has 176 valence electrons. The maximum absolute atomic E-state index is 13.1. The van der Waals surface area contributed by atoms with Gasteiger partial charge in [-0.05, 0) is 48.0 Å². The van der Waals surface area contributed by atoms with Crippen molar-refractivity contribution in [1.29, 1.82) is 0 Å². The van der Waals surface area contributed by atoms with E-state index in [4.69, 9.17) is 17.0 Å². The molecule has 0 N–H and O–H groups in total. The van der Waals surface area contributed by atoms with Gasteiger partial charge >= 0.3 is 0 Å². The normalized spacial score (nSPS) is 14.4. The van der Waals surface area contributed by atoms with E-state index in [-0.39, 0.29) is 22.3 Å². The summed E-state index contributed by atoms with van der Waals surface area (Å²) in [5.41, 5.74) is 1.51. The molecule has 0 aromatic heterocycles. The number of nitrogens with zero attached hydrogens (tertiary/aromatic N) is 3. The molecule has 1 aliphatic heterocycles. The highest BCUT2D eigenvalue weighted by Gasteiger charge is 2.34. The second-order valence-corrected chi connectivity index (χ2v) is 9.78. The summed E-state index contributed by atoms with van der Waals surface area (Å²) in [7, 11) is 0. The van der Waals surface area contributed by atoms with Crippen molar-refractivity contribution in [3.8, 4) is 5.75 Å². The van der Waals surface area contributed by atoms with Crippen LogP contribution in [0.15, 0.2) is 76.1 Å². The highest BCUT2D eigenvalue weighted by molar-refractivity contribution is 9.10. The van der Waals surface area contributed by atoms with Crippen LogP contribution >= 0.6 is 39.9 Å². The Morgan fingerprint density at radius 1 is 1.00 bits per heavy atom. The number of benzene rings is 3. The Kier molecular flexibility index (Phi) is 7.24. The van der Waals surface area contributed by atoms with Gasteiger partial charge in [0, 0.05) is 34.3 Å². The van der Waals surface area contributed by atoms with Gasteiger partial charge in [0.15, 0.2) is 4.32 Å². The lowest BCUT2D eigenvalue weighted by Gasteiger charge is -2.14. The minimum absolute atomic E-state index is 0.0103. The van der Waals surface area contributed by atoms with Crippen molar-refractivity contribution in [2.24, 2.45) is 0 Å². The lowest BCUT2D eigenvalue weighted by molar-refractivity contribution is -0.385. The fourth-order valence-corrected chi connectivity index (χ4v) is 4.88. The molecule has 9 nitrogen and oxygen atoms in total. The second-order valence-electron chi connectivity index (χ2n) is 7.19. The van der Waals surface area contributed by atoms with Crippen molar-refractivity contribution in [1.82, 2.24) is 0 Å². The molecule has 1 heterocycles. The number of anilines is 1. The molecule has 0 saturated carbocycles. The third kappa shape index (κ3) is 5.56. The van der Waals surface area contributed by atoms with Crippen LogP contribution in [0, 0.1) is 20.2 Å². The summed E-state index contributed by atoms with van der Waals surface area (Å²) in [6.45, 7) is 0.162. The van der Waals surface area contributed by atoms with Crippen LogP contribution in [0.3, 0.4) is 0 Å². The summed E-state index contributed by atoms with van der Waals surface area (Å²) in [4.78, 5) is 35.7. The Labute approximate surface area is 216 Å². The average molecular weight is 572 g/mol. The van der Waals surface area contributed by atoms with Crippen molar-refractivity contribution in [2.75, 3.05) is 4.90 Å². The van der Waals surface area contributed by atoms with Crippen LogP contribution in [0.4, 0.5) is 17.1 Å². The number of carbonyl (C=O) groups is 1. The van der Waals surface area contributed by atoms with E-state index < -0.39 is 15.8 Å². The van der Waals surface area contributed by atoms with Gasteiger partial charge in [-0.2, -0.15) is 0 Å². The molecule has 1 fully saturated rings. The molecule has 0 aliphatic carbocycles. The Bertz CT molecular complexity index is 1390. The number of hydrogen-bond donors (Lipinski definition) is 0. The van der Waals surface area contributed by atoms with E-state index >= 15 is 0 Å². The first-order valence-electron chi connectivity index (χ1n) is 9.91. The molecule has 1 amide bonds. The Hall–Kier alpha value is -3.61. The molecule has 0 atom stereocenters. The first-order chi connectivity index (χ1) is 16.7. The molecule has 3 aromatic carbocycles. The van der Waals surface area contributed by atoms with Crippen molar-refractivity contribution >= 4 is 73.3 Å². The number of thiocarbonyl (C=S) groups is 1. The van der Waals surface area contributed by atoms with Crippen LogP contribution in [0.2, 0.25) is 0 Å². The van der Waals surface area contributed by atoms with Crippen LogP contribution < -0.4 is 9.64 Å². The van der Waals surface area contributed by atoms with Gasteiger partial charge in [0.05, 0.1) is 20.4 Å². The maximum Gasteiger partial charge on any atom is 0.271 e. The standard InChI is InChI=1S/C23H14BrN3O6S2/c24-16-6-9-20(33-13-14-4-7-17(8-5-14)26(29)30)15(10-16)11-21-22(28)25(23(34)35-21)18-2-1-3-19(12-18)27(31)32/h1-12H,13H2/b21-11+. The number of nitro groups is 2. The van der Waals surface area contributed by atoms with Gasteiger partial charge in [-0.15, -0.1) is 0 Å². The molecule has 4 rings (SSSR count). The van der Waals surface area contributed by atoms with Gasteiger partial charge in [-0.3, -0.25) is 29.9 Å². The van der Waals surface area contributed by atoms with E-state index in [2.05, 4.69) is 15.9 Å². The highest BCUT2D eigenvalue weighted by Crippen LogP contribution is 2.38. The van der Waals surface area contributed by atoms with Gasteiger partial charge < -0.3 is 4.74 Å². The van der Waals surface area contributed by atoms with Crippen LogP contribution in [0.1, 0.15) is 11.1 Å². The van der Waals surface area contributed by atoms with Crippen molar-refractivity contribution < 1.29 is 19.4 Å². The fraction of sp³-hybridized carbons (Fsp3) is 0.0435. The van der Waals surface area contributed by atoms with Crippen LogP contribution in [0.5, 0.6) is 5.75 Å². The van der Waals surface area contributed by atoms with E-state index in [1.165, 1.54) is 35.2 Å². The first kappa shape index (κ1) is 24.5. The van der Waals surface area contributed by atoms with E-state index in [0.717, 1.165) is 21.8 Å². The summed E-state index contributed by atoms with van der Waals surface area (Å²) in [6.07, 6.45) is 1.65. The van der Waals surface area contributed by atoms with E-state index in [1.54, 1.807) is 42.5 Å². The van der Waals surface area contributed by atoms with E-state index in [0.29, 0.717) is 21.9 Å². The second kappa shape index (κ2) is 10.3. The van der Waals surface area contributed by atoms with Crippen molar-refractivity contribution in [3.05, 3.63) is 107 Å². The summed E-state index contributed by atoms with van der Waals surface area (Å²) in [5, 5.41) is 22.0. The predicted octanol–water partition coefficient (Wildman–Crippen LogP) is 6.25. The molecule has 3 aromatic rings. The van der Waals surface area contributed by atoms with Gasteiger partial charge in [0.25, 0.3) is 17.3 Å². The third-order valence-electron chi connectivity index (χ3n) is 4.89. The number of ether oxygens (including phenoxy) is 1. The average Bonchev–Trinajstić information content (AvgIpc) is 3.11. The SMILES string of the molecule is O=C1/C(=C\c2cc(Br)ccc2OCc2ccc([N+](=O)[O-])cc2)SC(=S)N1c1cccc([N+](=O)[O-])c1. The number of rotatable bonds is 7. The van der Waals surface area contributed by atoms with Gasteiger partial charge in [-0.25, -0.2) is 0 Å². The van der Waals surface area contributed by atoms with Crippen LogP contribution in [0.25, 0.3) is 6.08 Å². The molecule has 1 saturated heterocycles. The number of non-ortho nitro benzene ring substituents is 2. The number of nitro benzene ring substituents is 2. The monoisotopic (exact) mass is 571 g/mol. The molecule has 12 heteroatoms. The minimum atomic E-state index is -0.535. The molecule has 0 unspecified atom stereocenters. The van der Waals surface area contributed by atoms with Gasteiger partial charge in [0.1, 0.15) is 12.4 Å². The molecule has 35 heavy (non-hydrogen) atoms. The summed E-state index contributed by atoms with van der Waals surface area (Å²) >= 11 is 9.88. The summed E-state index contributed by atoms with van der Waals surface area (Å²) < 4.78 is 6.95. The zero-order chi connectivity index (χ0) is 25.1. The summed E-state index contributed by atoms with van der Waals surface area (Å²) in [5.74, 6) is 0.0916. The predicted molar refractivity (Wildman–Crippen MR) is 140 cm³/mol. The zero-order valence-corrected chi connectivity index (χ0v) is 20.8. The smallest absolute Gasteiger partial charge is 0.271 e. The number of carbonyl (C=O) groups excluding carboxylic acids is 1. The zero-order valence-electron chi connectivity index (χ0n) is 17.6. The third-order valence-corrected chi connectivity index (χ3v) is 6.69. The molecule has 0 radical (unpaired) electrons. The minimum Gasteiger partial charge on any atom is -0.488 e. The van der Waals surface area contributed by atoms with Crippen molar-refractivity contribution in [2.45, 2.75) is 6.61 Å². The fourth-order valence-electron chi connectivity index (χ4n) is 3.22. The van der Waals surface area contributed by atoms with E-state index in [9.17, 15) is 25.0 Å². The largest absolute Gasteiger partial charge is 0.488 e. The molecule has 0 bridgehead atoms.